The van der Waals surface area contributed by atoms with E-state index in [-0.39, 0.29) is 23.6 Å². The summed E-state index contributed by atoms with van der Waals surface area (Å²) in [5, 5.41) is 12.1. The zero-order valence-corrected chi connectivity index (χ0v) is 18.9. The summed E-state index contributed by atoms with van der Waals surface area (Å²) in [5.74, 6) is 0.839. The van der Waals surface area contributed by atoms with Crippen molar-refractivity contribution < 1.29 is 9.18 Å². The van der Waals surface area contributed by atoms with E-state index in [1.54, 1.807) is 36.4 Å². The van der Waals surface area contributed by atoms with E-state index in [2.05, 4.69) is 28.2 Å². The molecule has 5 rings (SSSR count). The van der Waals surface area contributed by atoms with Crippen LogP contribution in [0.3, 0.4) is 0 Å². The van der Waals surface area contributed by atoms with Crippen LogP contribution in [-0.2, 0) is 4.79 Å². The molecule has 2 aromatic rings. The monoisotopic (exact) mass is 444 g/mol. The lowest BCUT2D eigenvalue weighted by Gasteiger charge is -2.52. The second-order valence-electron chi connectivity index (χ2n) is 9.72. The number of nitrogens with one attached hydrogen (secondary N) is 1. The van der Waals surface area contributed by atoms with Crippen molar-refractivity contribution in [3.63, 3.8) is 0 Å². The van der Waals surface area contributed by atoms with Crippen LogP contribution in [0.15, 0.2) is 47.5 Å². The van der Waals surface area contributed by atoms with Crippen molar-refractivity contribution in [1.29, 1.82) is 5.26 Å². The number of anilines is 1. The predicted octanol–water partition coefficient (Wildman–Crippen LogP) is 5.41. The number of piperidine rings is 1. The normalized spacial score (nSPS) is 24.4. The van der Waals surface area contributed by atoms with Gasteiger partial charge >= 0.3 is 0 Å². The number of fused-ring (bicyclic) bond motifs is 1. The number of nitriles is 1. The molecule has 1 N–H and O–H groups in total. The SMILES string of the molecule is CC1C=Nc2ccc(F)cc2C1C1CCN(C2(C(=O)Nc3ccc(C#N)cc3)CCC2)CC1. The minimum atomic E-state index is -0.442. The number of halogens is 1. The second kappa shape index (κ2) is 8.72. The van der Waals surface area contributed by atoms with E-state index in [9.17, 15) is 9.18 Å². The Morgan fingerprint density at radius 3 is 2.55 bits per heavy atom. The molecule has 0 radical (unpaired) electrons. The van der Waals surface area contributed by atoms with Crippen LogP contribution >= 0.6 is 0 Å². The Morgan fingerprint density at radius 2 is 1.91 bits per heavy atom. The number of likely N-dealkylation sites (tertiary alicyclic amines) is 1. The lowest BCUT2D eigenvalue weighted by Crippen LogP contribution is -2.63. The molecule has 170 valence electrons. The van der Waals surface area contributed by atoms with Crippen LogP contribution in [0.5, 0.6) is 0 Å². The van der Waals surface area contributed by atoms with Crippen molar-refractivity contribution in [3.8, 4) is 6.07 Å². The Kier molecular flexibility index (Phi) is 5.76. The Hall–Kier alpha value is -3.04. The van der Waals surface area contributed by atoms with Crippen LogP contribution < -0.4 is 5.32 Å². The van der Waals surface area contributed by atoms with E-state index in [4.69, 9.17) is 5.26 Å². The third kappa shape index (κ3) is 3.95. The third-order valence-electron chi connectivity index (χ3n) is 7.89. The number of carbonyl (C=O) groups is 1. The summed E-state index contributed by atoms with van der Waals surface area (Å²) >= 11 is 0. The molecule has 2 unspecified atom stereocenters. The van der Waals surface area contributed by atoms with E-state index in [1.165, 1.54) is 6.07 Å². The Bertz CT molecular complexity index is 1110. The molecule has 33 heavy (non-hydrogen) atoms. The maximum absolute atomic E-state index is 14.0. The fourth-order valence-electron chi connectivity index (χ4n) is 5.93. The molecule has 2 heterocycles. The van der Waals surface area contributed by atoms with Gasteiger partial charge in [-0.2, -0.15) is 5.26 Å². The standard InChI is InChI=1S/C27H29FN4O/c1-18-17-30-24-8-5-21(28)15-23(24)25(18)20-9-13-32(14-10-20)27(11-2-12-27)26(33)31-22-6-3-19(16-29)4-7-22/h3-8,15,17-18,20,25H,2,9-14H2,1H3,(H,31,33). The topological polar surface area (TPSA) is 68.5 Å². The third-order valence-corrected chi connectivity index (χ3v) is 7.89. The smallest absolute Gasteiger partial charge is 0.244 e. The van der Waals surface area contributed by atoms with Crippen molar-refractivity contribution >= 4 is 23.5 Å². The van der Waals surface area contributed by atoms with Gasteiger partial charge in [-0.05, 0) is 111 Å². The Labute approximate surface area is 194 Å². The van der Waals surface area contributed by atoms with Crippen molar-refractivity contribution in [2.24, 2.45) is 16.8 Å². The lowest BCUT2D eigenvalue weighted by atomic mass is 9.69. The summed E-state index contributed by atoms with van der Waals surface area (Å²) < 4.78 is 14.0. The first-order chi connectivity index (χ1) is 16.0. The molecular formula is C27H29FN4O. The molecule has 0 aromatic heterocycles. The maximum Gasteiger partial charge on any atom is 0.244 e. The lowest BCUT2D eigenvalue weighted by molar-refractivity contribution is -0.136. The highest BCUT2D eigenvalue weighted by Gasteiger charge is 2.50. The van der Waals surface area contributed by atoms with Crippen LogP contribution in [0, 0.1) is 29.0 Å². The number of amides is 1. The Morgan fingerprint density at radius 1 is 1.18 bits per heavy atom. The van der Waals surface area contributed by atoms with E-state index >= 15 is 0 Å². The molecule has 0 spiro atoms. The molecule has 0 bridgehead atoms. The molecular weight excluding hydrogens is 415 g/mol. The Balaban J connectivity index is 1.28. The average molecular weight is 445 g/mol. The van der Waals surface area contributed by atoms with Gasteiger partial charge in [0.2, 0.25) is 5.91 Å². The van der Waals surface area contributed by atoms with Crippen LogP contribution in [-0.4, -0.2) is 35.7 Å². The predicted molar refractivity (Wildman–Crippen MR) is 127 cm³/mol. The van der Waals surface area contributed by atoms with E-state index in [0.717, 1.165) is 62.1 Å². The fourth-order valence-corrected chi connectivity index (χ4v) is 5.93. The largest absolute Gasteiger partial charge is 0.324 e. The molecule has 1 saturated heterocycles. The highest BCUT2D eigenvalue weighted by Crippen LogP contribution is 2.47. The van der Waals surface area contributed by atoms with Gasteiger partial charge in [0.1, 0.15) is 11.4 Å². The van der Waals surface area contributed by atoms with Crippen molar-refractivity contribution in [1.82, 2.24) is 4.90 Å². The highest BCUT2D eigenvalue weighted by molar-refractivity contribution is 5.98. The molecule has 5 nitrogen and oxygen atoms in total. The van der Waals surface area contributed by atoms with Gasteiger partial charge in [0, 0.05) is 11.9 Å². The molecule has 6 heteroatoms. The molecule has 2 atom stereocenters. The van der Waals surface area contributed by atoms with E-state index in [0.29, 0.717) is 11.5 Å². The van der Waals surface area contributed by atoms with Gasteiger partial charge in [-0.25, -0.2) is 4.39 Å². The van der Waals surface area contributed by atoms with Gasteiger partial charge < -0.3 is 5.32 Å². The molecule has 1 amide bonds. The highest BCUT2D eigenvalue weighted by atomic mass is 19.1. The zero-order valence-electron chi connectivity index (χ0n) is 18.9. The summed E-state index contributed by atoms with van der Waals surface area (Å²) in [6.45, 7) is 3.92. The molecule has 2 fully saturated rings. The van der Waals surface area contributed by atoms with E-state index in [1.807, 2.05) is 6.21 Å². The quantitative estimate of drug-likeness (QED) is 0.686. The van der Waals surface area contributed by atoms with Gasteiger partial charge in [-0.15, -0.1) is 0 Å². The first-order valence-electron chi connectivity index (χ1n) is 11.9. The first kappa shape index (κ1) is 21.8. The molecule has 2 aromatic carbocycles. The van der Waals surface area contributed by atoms with Gasteiger partial charge in [0.15, 0.2) is 0 Å². The number of hydrogen-bond donors (Lipinski definition) is 1. The van der Waals surface area contributed by atoms with Gasteiger partial charge in [0.05, 0.1) is 17.3 Å². The minimum Gasteiger partial charge on any atom is -0.324 e. The molecule has 3 aliphatic rings. The van der Waals surface area contributed by atoms with Gasteiger partial charge in [0.25, 0.3) is 0 Å². The number of nitrogens with zero attached hydrogens (tertiary/aromatic N) is 3. The number of aliphatic imine (C=N–C) groups is 1. The van der Waals surface area contributed by atoms with Gasteiger partial charge in [-0.1, -0.05) is 6.92 Å². The summed E-state index contributed by atoms with van der Waals surface area (Å²) in [5.41, 5.74) is 2.79. The number of hydrogen-bond acceptors (Lipinski definition) is 4. The summed E-state index contributed by atoms with van der Waals surface area (Å²) in [7, 11) is 0. The minimum absolute atomic E-state index is 0.0579. The first-order valence-corrected chi connectivity index (χ1v) is 11.9. The average Bonchev–Trinajstić information content (AvgIpc) is 2.79. The van der Waals surface area contributed by atoms with Crippen molar-refractivity contribution in [2.45, 2.75) is 50.5 Å². The zero-order chi connectivity index (χ0) is 23.0. The summed E-state index contributed by atoms with van der Waals surface area (Å²) in [6.07, 6.45) is 6.80. The molecule has 2 aliphatic heterocycles. The molecule has 1 aliphatic carbocycles. The van der Waals surface area contributed by atoms with Crippen LogP contribution in [0.1, 0.15) is 56.1 Å². The second-order valence-corrected chi connectivity index (χ2v) is 9.72. The fraction of sp³-hybridized carbons (Fsp3) is 0.444. The van der Waals surface area contributed by atoms with Crippen molar-refractivity contribution in [2.75, 3.05) is 18.4 Å². The summed E-state index contributed by atoms with van der Waals surface area (Å²) in [6, 6.07) is 14.1. The van der Waals surface area contributed by atoms with Crippen LogP contribution in [0.4, 0.5) is 15.8 Å². The van der Waals surface area contributed by atoms with Gasteiger partial charge in [-0.3, -0.25) is 14.7 Å². The van der Waals surface area contributed by atoms with Crippen LogP contribution in [0.25, 0.3) is 0 Å². The summed E-state index contributed by atoms with van der Waals surface area (Å²) in [4.78, 5) is 20.2. The molecule has 1 saturated carbocycles. The number of rotatable bonds is 4. The number of benzene rings is 2. The van der Waals surface area contributed by atoms with Crippen LogP contribution in [0.2, 0.25) is 0 Å². The van der Waals surface area contributed by atoms with Crippen molar-refractivity contribution in [3.05, 3.63) is 59.4 Å². The maximum atomic E-state index is 14.0. The van der Waals surface area contributed by atoms with E-state index < -0.39 is 5.54 Å². The number of carbonyl (C=O) groups excluding carboxylic acids is 1.